The van der Waals surface area contributed by atoms with Gasteiger partial charge >= 0.3 is 0 Å². The molecular formula is C19H13N6. The molecule has 6 heteroatoms. The number of benzene rings is 1. The molecule has 0 unspecified atom stereocenters. The SMILES string of the molecule is Cn1cc(-c2ccc3ncc(-c4ccc5c[c]ccc5n4)n3n2)cn1. The molecule has 0 aliphatic heterocycles. The molecule has 0 fully saturated rings. The highest BCUT2D eigenvalue weighted by molar-refractivity contribution is 5.81. The number of nitrogens with zero attached hydrogens (tertiary/aromatic N) is 6. The highest BCUT2D eigenvalue weighted by Gasteiger charge is 2.11. The van der Waals surface area contributed by atoms with E-state index in [-0.39, 0.29) is 0 Å². The number of fused-ring (bicyclic) bond motifs is 2. The molecule has 0 spiro atoms. The normalized spacial score (nSPS) is 11.4. The lowest BCUT2D eigenvalue weighted by atomic mass is 10.2. The van der Waals surface area contributed by atoms with Crippen LogP contribution in [0.15, 0.2) is 61.1 Å². The third-order valence-corrected chi connectivity index (χ3v) is 4.16. The number of rotatable bonds is 2. The second-order valence-corrected chi connectivity index (χ2v) is 5.85. The molecule has 0 aliphatic carbocycles. The maximum absolute atomic E-state index is 4.74. The van der Waals surface area contributed by atoms with E-state index in [4.69, 9.17) is 10.1 Å². The Kier molecular flexibility index (Phi) is 2.90. The average molecular weight is 325 g/mol. The summed E-state index contributed by atoms with van der Waals surface area (Å²) in [5.41, 5.74) is 5.21. The van der Waals surface area contributed by atoms with Gasteiger partial charge in [-0.2, -0.15) is 10.2 Å². The fraction of sp³-hybridized carbons (Fsp3) is 0.0526. The van der Waals surface area contributed by atoms with Crippen LogP contribution in [0.2, 0.25) is 0 Å². The third kappa shape index (κ3) is 2.27. The maximum Gasteiger partial charge on any atom is 0.154 e. The Bertz CT molecular complexity index is 1220. The minimum absolute atomic E-state index is 0.783. The zero-order valence-corrected chi connectivity index (χ0v) is 13.5. The zero-order valence-electron chi connectivity index (χ0n) is 13.5. The summed E-state index contributed by atoms with van der Waals surface area (Å²) in [5, 5.41) is 10.0. The minimum Gasteiger partial charge on any atom is -0.275 e. The molecule has 1 aromatic carbocycles. The molecule has 5 aromatic rings. The maximum atomic E-state index is 4.74. The summed E-state index contributed by atoms with van der Waals surface area (Å²) < 4.78 is 3.59. The summed E-state index contributed by atoms with van der Waals surface area (Å²) in [6, 6.07) is 16.8. The number of imidazole rings is 1. The van der Waals surface area contributed by atoms with Crippen LogP contribution in [0.5, 0.6) is 0 Å². The lowest BCUT2D eigenvalue weighted by molar-refractivity contribution is 0.768. The van der Waals surface area contributed by atoms with Crippen molar-refractivity contribution in [3.63, 3.8) is 0 Å². The van der Waals surface area contributed by atoms with Gasteiger partial charge in [-0.1, -0.05) is 12.1 Å². The predicted molar refractivity (Wildman–Crippen MR) is 94.8 cm³/mol. The van der Waals surface area contributed by atoms with Gasteiger partial charge in [-0.25, -0.2) is 14.5 Å². The van der Waals surface area contributed by atoms with Gasteiger partial charge in [-0.15, -0.1) is 0 Å². The number of aromatic nitrogens is 6. The Morgan fingerprint density at radius 1 is 1.00 bits per heavy atom. The average Bonchev–Trinajstić information content (AvgIpc) is 3.27. The third-order valence-electron chi connectivity index (χ3n) is 4.16. The van der Waals surface area contributed by atoms with E-state index < -0.39 is 0 Å². The fourth-order valence-corrected chi connectivity index (χ4v) is 2.90. The molecule has 4 heterocycles. The van der Waals surface area contributed by atoms with Crippen LogP contribution in [0, 0.1) is 6.07 Å². The number of hydrogen-bond acceptors (Lipinski definition) is 4. The van der Waals surface area contributed by atoms with E-state index in [0.29, 0.717) is 0 Å². The monoisotopic (exact) mass is 325 g/mol. The molecule has 0 atom stereocenters. The smallest absolute Gasteiger partial charge is 0.154 e. The van der Waals surface area contributed by atoms with E-state index in [1.54, 1.807) is 17.1 Å². The largest absolute Gasteiger partial charge is 0.275 e. The van der Waals surface area contributed by atoms with Crippen LogP contribution in [-0.2, 0) is 7.05 Å². The van der Waals surface area contributed by atoms with Crippen LogP contribution in [0.25, 0.3) is 39.2 Å². The topological polar surface area (TPSA) is 60.9 Å². The zero-order chi connectivity index (χ0) is 16.8. The summed E-state index contributed by atoms with van der Waals surface area (Å²) in [7, 11) is 1.89. The first-order valence-corrected chi connectivity index (χ1v) is 7.89. The summed E-state index contributed by atoms with van der Waals surface area (Å²) in [6.07, 6.45) is 5.55. The van der Waals surface area contributed by atoms with E-state index in [2.05, 4.69) is 16.1 Å². The van der Waals surface area contributed by atoms with Crippen molar-refractivity contribution in [3.8, 4) is 22.6 Å². The van der Waals surface area contributed by atoms with Crippen LogP contribution >= 0.6 is 0 Å². The van der Waals surface area contributed by atoms with Crippen LogP contribution < -0.4 is 0 Å². The molecule has 0 N–H and O–H groups in total. The van der Waals surface area contributed by atoms with Crippen molar-refractivity contribution in [1.29, 1.82) is 0 Å². The summed E-state index contributed by atoms with van der Waals surface area (Å²) in [6.45, 7) is 0. The number of aryl methyl sites for hydroxylation is 1. The highest BCUT2D eigenvalue weighted by atomic mass is 15.3. The van der Waals surface area contributed by atoms with Gasteiger partial charge in [-0.05, 0) is 36.4 Å². The molecule has 0 bridgehead atoms. The molecule has 4 aromatic heterocycles. The Morgan fingerprint density at radius 3 is 2.80 bits per heavy atom. The molecule has 119 valence electrons. The Morgan fingerprint density at radius 2 is 1.92 bits per heavy atom. The molecule has 5 rings (SSSR count). The van der Waals surface area contributed by atoms with Crippen molar-refractivity contribution in [1.82, 2.24) is 29.4 Å². The van der Waals surface area contributed by atoms with Crippen LogP contribution in [0.3, 0.4) is 0 Å². The van der Waals surface area contributed by atoms with E-state index >= 15 is 0 Å². The van der Waals surface area contributed by atoms with Crippen molar-refractivity contribution < 1.29 is 0 Å². The van der Waals surface area contributed by atoms with Gasteiger partial charge in [0.15, 0.2) is 5.65 Å². The fourth-order valence-electron chi connectivity index (χ4n) is 2.90. The van der Waals surface area contributed by atoms with Gasteiger partial charge in [0.25, 0.3) is 0 Å². The molecule has 1 radical (unpaired) electrons. The van der Waals surface area contributed by atoms with Gasteiger partial charge in [0.2, 0.25) is 0 Å². The van der Waals surface area contributed by atoms with Crippen molar-refractivity contribution in [3.05, 3.63) is 67.1 Å². The van der Waals surface area contributed by atoms with Crippen molar-refractivity contribution in [2.45, 2.75) is 0 Å². The molecular weight excluding hydrogens is 312 g/mol. The van der Waals surface area contributed by atoms with Gasteiger partial charge in [0.05, 0.1) is 29.3 Å². The summed E-state index contributed by atoms with van der Waals surface area (Å²) in [4.78, 5) is 9.19. The lowest BCUT2D eigenvalue weighted by Gasteiger charge is -2.04. The van der Waals surface area contributed by atoms with E-state index in [9.17, 15) is 0 Å². The van der Waals surface area contributed by atoms with Crippen molar-refractivity contribution in [2.24, 2.45) is 7.05 Å². The highest BCUT2D eigenvalue weighted by Crippen LogP contribution is 2.23. The predicted octanol–water partition coefficient (Wildman–Crippen LogP) is 3.15. The van der Waals surface area contributed by atoms with E-state index in [1.165, 1.54) is 0 Å². The van der Waals surface area contributed by atoms with E-state index in [1.807, 2.05) is 60.2 Å². The second-order valence-electron chi connectivity index (χ2n) is 5.85. The molecule has 0 saturated heterocycles. The first kappa shape index (κ1) is 13.9. The van der Waals surface area contributed by atoms with Gasteiger partial charge in [0.1, 0.15) is 5.69 Å². The van der Waals surface area contributed by atoms with Crippen LogP contribution in [0.4, 0.5) is 0 Å². The van der Waals surface area contributed by atoms with Gasteiger partial charge in [-0.3, -0.25) is 4.68 Å². The minimum atomic E-state index is 0.783. The van der Waals surface area contributed by atoms with E-state index in [0.717, 1.165) is 39.2 Å². The Balaban J connectivity index is 1.69. The Labute approximate surface area is 143 Å². The van der Waals surface area contributed by atoms with Crippen molar-refractivity contribution >= 4 is 16.6 Å². The molecule has 0 saturated carbocycles. The van der Waals surface area contributed by atoms with Crippen LogP contribution in [-0.4, -0.2) is 29.4 Å². The second kappa shape index (κ2) is 5.24. The molecule has 25 heavy (non-hydrogen) atoms. The lowest BCUT2D eigenvalue weighted by Crippen LogP contribution is -1.97. The van der Waals surface area contributed by atoms with Crippen molar-refractivity contribution in [2.75, 3.05) is 0 Å². The van der Waals surface area contributed by atoms with Crippen LogP contribution in [0.1, 0.15) is 0 Å². The first-order valence-electron chi connectivity index (χ1n) is 7.89. The molecule has 6 nitrogen and oxygen atoms in total. The summed E-state index contributed by atoms with van der Waals surface area (Å²) in [5.74, 6) is 0. The number of hydrogen-bond donors (Lipinski definition) is 0. The molecule has 0 aliphatic rings. The molecule has 0 amide bonds. The first-order chi connectivity index (χ1) is 12.3. The van der Waals surface area contributed by atoms with Gasteiger partial charge in [0, 0.05) is 24.2 Å². The standard InChI is InChI=1S/C19H13N6/c1-24-12-14(10-21-24)16-8-9-19-20-11-18(25(19)23-16)17-7-6-13-4-2-3-5-15(13)22-17/h3-12H,1H3. The van der Waals surface area contributed by atoms with Gasteiger partial charge < -0.3 is 0 Å². The quantitative estimate of drug-likeness (QED) is 0.500. The summed E-state index contributed by atoms with van der Waals surface area (Å²) >= 11 is 0. The number of pyridine rings is 1. The Hall–Kier alpha value is -3.54.